The van der Waals surface area contributed by atoms with Gasteiger partial charge in [0, 0.05) is 10.2 Å². The molecule has 0 aliphatic heterocycles. The quantitative estimate of drug-likeness (QED) is 0.487. The summed E-state index contributed by atoms with van der Waals surface area (Å²) in [7, 11) is 0. The lowest BCUT2D eigenvalue weighted by molar-refractivity contribution is -0.547. The Hall–Kier alpha value is -2.35. The van der Waals surface area contributed by atoms with Crippen molar-refractivity contribution in [1.82, 2.24) is 14.9 Å². The van der Waals surface area contributed by atoms with Gasteiger partial charge in [0.2, 0.25) is 0 Å². The summed E-state index contributed by atoms with van der Waals surface area (Å²) in [4.78, 5) is 22.5. The van der Waals surface area contributed by atoms with Gasteiger partial charge < -0.3 is 0 Å². The Morgan fingerprint density at radius 1 is 1.35 bits per heavy atom. The van der Waals surface area contributed by atoms with Crippen LogP contribution in [0.25, 0.3) is 11.3 Å². The highest BCUT2D eigenvalue weighted by Crippen LogP contribution is 2.10. The van der Waals surface area contributed by atoms with E-state index in [2.05, 4.69) is 22.4 Å². The van der Waals surface area contributed by atoms with Crippen molar-refractivity contribution in [3.8, 4) is 11.3 Å². The molecule has 2 aromatic rings. The van der Waals surface area contributed by atoms with E-state index in [0.29, 0.717) is 5.56 Å². The second-order valence-corrected chi connectivity index (χ2v) is 3.48. The van der Waals surface area contributed by atoms with Gasteiger partial charge in [-0.25, -0.2) is 15.2 Å². The number of benzene rings is 1. The van der Waals surface area contributed by atoms with Crippen LogP contribution in [0.3, 0.4) is 0 Å². The summed E-state index contributed by atoms with van der Waals surface area (Å²) in [5, 5.41) is 15.8. The van der Waals surface area contributed by atoms with Crippen molar-refractivity contribution in [2.75, 3.05) is 0 Å². The van der Waals surface area contributed by atoms with Crippen molar-refractivity contribution >= 4 is 12.2 Å². The number of rotatable bonds is 2. The van der Waals surface area contributed by atoms with E-state index >= 15 is 0 Å². The smallest absolute Gasteiger partial charge is 0.260 e. The molecule has 0 atom stereocenters. The third-order valence-electron chi connectivity index (χ3n) is 2.06. The predicted molar refractivity (Wildman–Crippen MR) is 61.5 cm³/mol. The van der Waals surface area contributed by atoms with Crippen LogP contribution in [0.2, 0.25) is 0 Å². The van der Waals surface area contributed by atoms with E-state index in [9.17, 15) is 14.9 Å². The van der Waals surface area contributed by atoms with Crippen molar-refractivity contribution in [3.63, 3.8) is 0 Å². The van der Waals surface area contributed by atoms with Crippen molar-refractivity contribution in [2.45, 2.75) is 0 Å². The highest BCUT2D eigenvalue weighted by molar-refractivity contribution is 7.71. The van der Waals surface area contributed by atoms with Crippen LogP contribution in [0.15, 0.2) is 35.1 Å². The van der Waals surface area contributed by atoms with Gasteiger partial charge in [0.25, 0.3) is 4.77 Å². The van der Waals surface area contributed by atoms with Crippen LogP contribution in [0.5, 0.6) is 0 Å². The first-order valence-corrected chi connectivity index (χ1v) is 4.94. The molecule has 1 aromatic carbocycles. The van der Waals surface area contributed by atoms with Crippen molar-refractivity contribution < 1.29 is 5.03 Å². The minimum Gasteiger partial charge on any atom is -0.260 e. The molecule has 0 aliphatic rings. The average molecular weight is 250 g/mol. The fourth-order valence-electron chi connectivity index (χ4n) is 1.32. The van der Waals surface area contributed by atoms with Crippen LogP contribution in [0.1, 0.15) is 0 Å². The molecule has 0 spiro atoms. The first-order valence-electron chi connectivity index (χ1n) is 4.53. The van der Waals surface area contributed by atoms with E-state index in [0.717, 1.165) is 0 Å². The van der Waals surface area contributed by atoms with Gasteiger partial charge in [0.15, 0.2) is 10.7 Å². The molecule has 0 unspecified atom stereocenters. The summed E-state index contributed by atoms with van der Waals surface area (Å²) in [5.74, 6) is 0. The molecule has 0 fully saturated rings. The number of nitrogens with one attached hydrogen (secondary N) is 1. The Morgan fingerprint density at radius 3 is 2.59 bits per heavy atom. The number of hydrogen-bond donors (Lipinski definition) is 1. The van der Waals surface area contributed by atoms with Crippen molar-refractivity contribution in [3.05, 3.63) is 55.6 Å². The monoisotopic (exact) mass is 250 g/mol. The molecule has 7 nitrogen and oxygen atoms in total. The van der Waals surface area contributed by atoms with E-state index < -0.39 is 10.6 Å². The van der Waals surface area contributed by atoms with Gasteiger partial charge in [-0.15, -0.1) is 0 Å². The molecule has 17 heavy (non-hydrogen) atoms. The zero-order valence-electron chi connectivity index (χ0n) is 8.36. The Kier molecular flexibility index (Phi) is 2.79. The first kappa shape index (κ1) is 11.1. The lowest BCUT2D eigenvalue weighted by Crippen LogP contribution is -2.30. The fraction of sp³-hybridized carbons (Fsp3) is 0. The van der Waals surface area contributed by atoms with Crippen molar-refractivity contribution in [1.29, 1.82) is 0 Å². The Labute approximate surface area is 99.5 Å². The number of nitrogens with zero attached hydrogens (tertiary/aromatic N) is 3. The largest absolute Gasteiger partial charge is 0.343 e. The topological polar surface area (TPSA) is 93.8 Å². The molecule has 0 saturated carbocycles. The minimum atomic E-state index is -0.880. The number of nitro groups is 1. The maximum atomic E-state index is 11.8. The number of hydrogen-bond acceptors (Lipinski definition) is 5. The van der Waals surface area contributed by atoms with Gasteiger partial charge >= 0.3 is 5.56 Å². The van der Waals surface area contributed by atoms with Crippen LogP contribution in [-0.4, -0.2) is 19.9 Å². The third kappa shape index (κ3) is 1.97. The maximum absolute atomic E-state index is 11.8. The number of aromatic nitrogens is 3. The number of H-pyrrole nitrogens is 1. The second-order valence-electron chi connectivity index (χ2n) is 3.10. The molecular formula is C9H6N4O3S. The molecule has 8 heteroatoms. The lowest BCUT2D eigenvalue weighted by Gasteiger charge is -2.00. The molecule has 0 aliphatic carbocycles. The molecule has 86 valence electrons. The van der Waals surface area contributed by atoms with Gasteiger partial charge in [-0.3, -0.25) is 4.79 Å². The van der Waals surface area contributed by atoms with Gasteiger partial charge in [0.1, 0.15) is 0 Å². The molecule has 0 radical (unpaired) electrons. The van der Waals surface area contributed by atoms with E-state index in [1.807, 2.05) is 0 Å². The van der Waals surface area contributed by atoms with E-state index in [1.165, 1.54) is 0 Å². The summed E-state index contributed by atoms with van der Waals surface area (Å²) in [6, 6.07) is 8.43. The molecule has 0 amide bonds. The zero-order chi connectivity index (χ0) is 12.4. The van der Waals surface area contributed by atoms with Gasteiger partial charge in [-0.05, 0) is 12.2 Å². The number of aromatic amines is 1. The Bertz CT molecular complexity index is 677. The third-order valence-corrected chi connectivity index (χ3v) is 2.33. The predicted octanol–water partition coefficient (Wildman–Crippen LogP) is 1.01. The molecule has 0 bridgehead atoms. The SMILES string of the molecule is O=c1c(-c2ccccc2)n[nH]c(=S)n1[N+](=O)[O-]. The zero-order valence-corrected chi connectivity index (χ0v) is 9.18. The molecule has 1 aromatic heterocycles. The summed E-state index contributed by atoms with van der Waals surface area (Å²) < 4.78 is -0.0929. The van der Waals surface area contributed by atoms with E-state index in [1.54, 1.807) is 30.3 Å². The van der Waals surface area contributed by atoms with Crippen LogP contribution in [-0.2, 0) is 0 Å². The molecular weight excluding hydrogens is 244 g/mol. The normalized spacial score (nSPS) is 10.1. The summed E-state index contributed by atoms with van der Waals surface area (Å²) >= 11 is 4.63. The minimum absolute atomic E-state index is 0.0455. The molecule has 2 rings (SSSR count). The van der Waals surface area contributed by atoms with Crippen LogP contribution in [0, 0.1) is 14.9 Å². The first-order chi connectivity index (χ1) is 8.11. The van der Waals surface area contributed by atoms with Crippen molar-refractivity contribution in [2.24, 2.45) is 0 Å². The van der Waals surface area contributed by atoms with Crippen LogP contribution < -0.4 is 5.56 Å². The Balaban J connectivity index is 2.75. The van der Waals surface area contributed by atoms with E-state index in [-0.39, 0.29) is 15.1 Å². The van der Waals surface area contributed by atoms with Crippen LogP contribution in [0.4, 0.5) is 0 Å². The maximum Gasteiger partial charge on any atom is 0.343 e. The summed E-state index contributed by atoms with van der Waals surface area (Å²) in [5.41, 5.74) is -0.416. The summed E-state index contributed by atoms with van der Waals surface area (Å²) in [6.45, 7) is 0. The fourth-order valence-corrected chi connectivity index (χ4v) is 1.52. The second kappa shape index (κ2) is 4.26. The highest BCUT2D eigenvalue weighted by Gasteiger charge is 2.15. The molecule has 1 heterocycles. The van der Waals surface area contributed by atoms with Gasteiger partial charge in [0.05, 0.1) is 0 Å². The van der Waals surface area contributed by atoms with Gasteiger partial charge in [-0.2, -0.15) is 5.10 Å². The summed E-state index contributed by atoms with van der Waals surface area (Å²) in [6.07, 6.45) is 0. The lowest BCUT2D eigenvalue weighted by atomic mass is 10.2. The average Bonchev–Trinajstić information content (AvgIpc) is 2.30. The van der Waals surface area contributed by atoms with E-state index in [4.69, 9.17) is 0 Å². The standard InChI is InChI=1S/C9H6N4O3S/c14-8-7(6-4-2-1-3-5-6)10-11-9(17)12(8)13(15)16/h1-5H,(H,11,17). The molecule has 0 saturated heterocycles. The molecule has 1 N–H and O–H groups in total. The highest BCUT2D eigenvalue weighted by atomic mass is 32.1. The van der Waals surface area contributed by atoms with Crippen LogP contribution >= 0.6 is 12.2 Å². The Morgan fingerprint density at radius 2 is 2.00 bits per heavy atom. The van der Waals surface area contributed by atoms with Gasteiger partial charge in [-0.1, -0.05) is 30.3 Å².